The summed E-state index contributed by atoms with van der Waals surface area (Å²) in [6.07, 6.45) is 0. The van der Waals surface area contributed by atoms with Crippen LogP contribution in [0.5, 0.6) is 0 Å². The van der Waals surface area contributed by atoms with E-state index < -0.39 is 0 Å². The van der Waals surface area contributed by atoms with Crippen LogP contribution in [0.1, 0.15) is 5.56 Å². The maximum atomic E-state index is 11.7. The van der Waals surface area contributed by atoms with Gasteiger partial charge < -0.3 is 10.6 Å². The molecule has 3 nitrogen and oxygen atoms in total. The van der Waals surface area contributed by atoms with Crippen molar-refractivity contribution in [2.24, 2.45) is 0 Å². The Labute approximate surface area is 125 Å². The lowest BCUT2D eigenvalue weighted by Crippen LogP contribution is -2.28. The molecule has 2 aromatic carbocycles. The molecule has 2 amide bonds. The zero-order chi connectivity index (χ0) is 13.7. The zero-order valence-electron chi connectivity index (χ0n) is 9.99. The second-order valence-corrected chi connectivity index (χ2v) is 5.30. The molecule has 19 heavy (non-hydrogen) atoms. The smallest absolute Gasteiger partial charge is 0.319 e. The fourth-order valence-electron chi connectivity index (χ4n) is 1.53. The number of urea groups is 1. The van der Waals surface area contributed by atoms with Crippen LogP contribution in [0, 0.1) is 0 Å². The number of hydrogen-bond acceptors (Lipinski definition) is 1. The molecule has 0 radical (unpaired) electrons. The van der Waals surface area contributed by atoms with Crippen LogP contribution in [-0.4, -0.2) is 6.03 Å². The Morgan fingerprint density at radius 3 is 2.58 bits per heavy atom. The molecule has 2 aromatic rings. The maximum Gasteiger partial charge on any atom is 0.319 e. The van der Waals surface area contributed by atoms with Crippen LogP contribution in [0.25, 0.3) is 0 Å². The van der Waals surface area contributed by atoms with E-state index in [0.717, 1.165) is 10.0 Å². The minimum absolute atomic E-state index is 0.259. The molecule has 2 N–H and O–H groups in total. The van der Waals surface area contributed by atoms with E-state index >= 15 is 0 Å². The van der Waals surface area contributed by atoms with Crippen molar-refractivity contribution in [3.8, 4) is 0 Å². The third-order valence-corrected chi connectivity index (χ3v) is 3.21. The fourth-order valence-corrected chi connectivity index (χ4v) is 1.98. The van der Waals surface area contributed by atoms with E-state index in [1.807, 2.05) is 24.3 Å². The van der Waals surface area contributed by atoms with Gasteiger partial charge >= 0.3 is 6.03 Å². The minimum Gasteiger partial charge on any atom is -0.334 e. The van der Waals surface area contributed by atoms with Crippen molar-refractivity contribution in [3.63, 3.8) is 0 Å². The molecule has 0 aliphatic rings. The Hall–Kier alpha value is -1.52. The SMILES string of the molecule is O=C(NCc1ccc(Br)cc1)Nc1cccc(Cl)c1. The van der Waals surface area contributed by atoms with Crippen molar-refractivity contribution < 1.29 is 4.79 Å². The van der Waals surface area contributed by atoms with Gasteiger partial charge in [-0.3, -0.25) is 0 Å². The van der Waals surface area contributed by atoms with E-state index in [-0.39, 0.29) is 6.03 Å². The normalized spacial score (nSPS) is 10.0. The Balaban J connectivity index is 1.86. The van der Waals surface area contributed by atoms with Gasteiger partial charge in [-0.05, 0) is 35.9 Å². The Morgan fingerprint density at radius 2 is 1.89 bits per heavy atom. The molecule has 0 aliphatic carbocycles. The number of carbonyl (C=O) groups is 1. The molecular formula is C14H12BrClN2O. The molecule has 5 heteroatoms. The highest BCUT2D eigenvalue weighted by Gasteiger charge is 2.02. The molecule has 0 saturated carbocycles. The van der Waals surface area contributed by atoms with Gasteiger partial charge in [0.15, 0.2) is 0 Å². The van der Waals surface area contributed by atoms with Crippen molar-refractivity contribution in [1.29, 1.82) is 0 Å². The number of amides is 2. The van der Waals surface area contributed by atoms with Gasteiger partial charge in [-0.2, -0.15) is 0 Å². The number of rotatable bonds is 3. The molecule has 98 valence electrons. The monoisotopic (exact) mass is 338 g/mol. The van der Waals surface area contributed by atoms with Gasteiger partial charge in [-0.1, -0.05) is 45.7 Å². The second kappa shape index (κ2) is 6.59. The molecule has 0 aromatic heterocycles. The molecule has 0 bridgehead atoms. The molecule has 0 saturated heterocycles. The molecule has 0 spiro atoms. The lowest BCUT2D eigenvalue weighted by atomic mass is 10.2. The third-order valence-electron chi connectivity index (χ3n) is 2.45. The number of nitrogens with one attached hydrogen (secondary N) is 2. The zero-order valence-corrected chi connectivity index (χ0v) is 12.3. The van der Waals surface area contributed by atoms with Crippen molar-refractivity contribution in [1.82, 2.24) is 5.32 Å². The van der Waals surface area contributed by atoms with Crippen LogP contribution in [0.2, 0.25) is 5.02 Å². The summed E-state index contributed by atoms with van der Waals surface area (Å²) in [6.45, 7) is 0.472. The van der Waals surface area contributed by atoms with Crippen molar-refractivity contribution in [3.05, 3.63) is 63.6 Å². The average Bonchev–Trinajstić information content (AvgIpc) is 2.38. The first-order chi connectivity index (χ1) is 9.13. The lowest BCUT2D eigenvalue weighted by Gasteiger charge is -2.08. The molecule has 0 atom stereocenters. The number of carbonyl (C=O) groups excluding carboxylic acids is 1. The fraction of sp³-hybridized carbons (Fsp3) is 0.0714. The van der Waals surface area contributed by atoms with E-state index in [1.54, 1.807) is 24.3 Å². The van der Waals surface area contributed by atoms with Gasteiger partial charge in [0.2, 0.25) is 0 Å². The van der Waals surface area contributed by atoms with Crippen LogP contribution in [-0.2, 0) is 6.54 Å². The number of benzene rings is 2. The summed E-state index contributed by atoms with van der Waals surface area (Å²) >= 11 is 9.20. The Bertz CT molecular complexity index is 572. The summed E-state index contributed by atoms with van der Waals surface area (Å²) in [5.41, 5.74) is 1.70. The van der Waals surface area contributed by atoms with Gasteiger partial charge in [-0.15, -0.1) is 0 Å². The molecule has 0 heterocycles. The molecule has 0 aliphatic heterocycles. The predicted octanol–water partition coefficient (Wildman–Crippen LogP) is 4.42. The Kier molecular flexibility index (Phi) is 4.82. The summed E-state index contributed by atoms with van der Waals surface area (Å²) in [5.74, 6) is 0. The maximum absolute atomic E-state index is 11.7. The standard InChI is InChI=1S/C14H12BrClN2O/c15-11-6-4-10(5-7-11)9-17-14(19)18-13-3-1-2-12(16)8-13/h1-8H,9H2,(H2,17,18,19). The first-order valence-corrected chi connectivity index (χ1v) is 6.85. The highest BCUT2D eigenvalue weighted by molar-refractivity contribution is 9.10. The van der Waals surface area contributed by atoms with Crippen LogP contribution >= 0.6 is 27.5 Å². The quantitative estimate of drug-likeness (QED) is 0.853. The Morgan fingerprint density at radius 1 is 1.16 bits per heavy atom. The molecule has 0 fully saturated rings. The van der Waals surface area contributed by atoms with Crippen LogP contribution in [0.3, 0.4) is 0 Å². The van der Waals surface area contributed by atoms with Crippen molar-refractivity contribution in [2.45, 2.75) is 6.54 Å². The summed E-state index contributed by atoms with van der Waals surface area (Å²) in [5, 5.41) is 6.09. The van der Waals surface area contributed by atoms with Crippen molar-refractivity contribution in [2.75, 3.05) is 5.32 Å². The van der Waals surface area contributed by atoms with Gasteiger partial charge in [0.05, 0.1) is 0 Å². The van der Waals surface area contributed by atoms with E-state index in [9.17, 15) is 4.79 Å². The van der Waals surface area contributed by atoms with Crippen LogP contribution in [0.15, 0.2) is 53.0 Å². The van der Waals surface area contributed by atoms with E-state index in [0.29, 0.717) is 17.3 Å². The number of anilines is 1. The molecule has 2 rings (SSSR count). The first kappa shape index (κ1) is 13.9. The summed E-state index contributed by atoms with van der Waals surface area (Å²) < 4.78 is 1.01. The van der Waals surface area contributed by atoms with Gasteiger partial charge in [0.25, 0.3) is 0 Å². The largest absolute Gasteiger partial charge is 0.334 e. The second-order valence-electron chi connectivity index (χ2n) is 3.94. The number of halogens is 2. The van der Waals surface area contributed by atoms with Gasteiger partial charge in [0.1, 0.15) is 0 Å². The minimum atomic E-state index is -0.259. The third kappa shape index (κ3) is 4.58. The predicted molar refractivity (Wildman–Crippen MR) is 81.5 cm³/mol. The summed E-state index contributed by atoms with van der Waals surface area (Å²) in [4.78, 5) is 11.7. The van der Waals surface area contributed by atoms with Crippen molar-refractivity contribution >= 4 is 39.2 Å². The molecular weight excluding hydrogens is 328 g/mol. The van der Waals surface area contributed by atoms with Crippen LogP contribution in [0.4, 0.5) is 10.5 Å². The van der Waals surface area contributed by atoms with E-state index in [4.69, 9.17) is 11.6 Å². The number of hydrogen-bond donors (Lipinski definition) is 2. The highest BCUT2D eigenvalue weighted by Crippen LogP contribution is 2.14. The van der Waals surface area contributed by atoms with Crippen LogP contribution < -0.4 is 10.6 Å². The van der Waals surface area contributed by atoms with Gasteiger partial charge in [-0.25, -0.2) is 4.79 Å². The average molecular weight is 340 g/mol. The summed E-state index contributed by atoms with van der Waals surface area (Å²) in [7, 11) is 0. The lowest BCUT2D eigenvalue weighted by molar-refractivity contribution is 0.251. The topological polar surface area (TPSA) is 41.1 Å². The summed E-state index contributed by atoms with van der Waals surface area (Å²) in [6, 6.07) is 14.5. The van der Waals surface area contributed by atoms with Gasteiger partial charge in [0, 0.05) is 21.7 Å². The van der Waals surface area contributed by atoms with E-state index in [2.05, 4.69) is 26.6 Å². The van der Waals surface area contributed by atoms with E-state index in [1.165, 1.54) is 0 Å². The first-order valence-electron chi connectivity index (χ1n) is 5.68. The molecule has 0 unspecified atom stereocenters. The highest BCUT2D eigenvalue weighted by atomic mass is 79.9.